The summed E-state index contributed by atoms with van der Waals surface area (Å²) in [5.41, 5.74) is 9.79. The molecule has 30 heavy (non-hydrogen) atoms. The Bertz CT molecular complexity index is 966. The normalized spacial score (nSPS) is 11.6. The number of hydrogen-bond donors (Lipinski definition) is 1. The number of aromatic nitrogens is 1. The summed E-state index contributed by atoms with van der Waals surface area (Å²) in [4.78, 5) is 13.1. The van der Waals surface area contributed by atoms with Crippen LogP contribution >= 0.6 is 0 Å². The summed E-state index contributed by atoms with van der Waals surface area (Å²) in [7, 11) is 0. The Hall–Kier alpha value is -2.69. The number of fused-ring (bicyclic) bond motifs is 1. The Labute approximate surface area is 180 Å². The molecule has 0 saturated carbocycles. The second-order valence-electron chi connectivity index (χ2n) is 7.87. The van der Waals surface area contributed by atoms with E-state index in [2.05, 4.69) is 39.8 Å². The van der Waals surface area contributed by atoms with Gasteiger partial charge in [-0.2, -0.15) is 0 Å². The molecule has 0 saturated heterocycles. The molecule has 164 valence electrons. The minimum atomic E-state index is -0.175. The van der Waals surface area contributed by atoms with Gasteiger partial charge in [-0.05, 0) is 71.2 Å². The van der Waals surface area contributed by atoms with Crippen LogP contribution in [0.1, 0.15) is 60.3 Å². The van der Waals surface area contributed by atoms with Crippen LogP contribution in [0.3, 0.4) is 0 Å². The third-order valence-electron chi connectivity index (χ3n) is 5.01. The first-order chi connectivity index (χ1) is 14.4. The predicted molar refractivity (Wildman–Crippen MR) is 127 cm³/mol. The summed E-state index contributed by atoms with van der Waals surface area (Å²) >= 11 is 0. The Kier molecular flexibility index (Phi) is 9.03. The van der Waals surface area contributed by atoms with Gasteiger partial charge in [-0.3, -0.25) is 4.79 Å². The lowest BCUT2D eigenvalue weighted by Gasteiger charge is -2.18. The number of anilines is 1. The molecule has 0 radical (unpaired) electrons. The maximum Gasteiger partial charge on any atom is 0.297 e. The monoisotopic (exact) mass is 412 g/mol. The maximum atomic E-state index is 13.1. The lowest BCUT2D eigenvalue weighted by Crippen LogP contribution is -2.23. The van der Waals surface area contributed by atoms with Gasteiger partial charge in [0.15, 0.2) is 5.75 Å². The van der Waals surface area contributed by atoms with Crippen LogP contribution < -0.4 is 20.8 Å². The average Bonchev–Trinajstić information content (AvgIpc) is 2.69. The summed E-state index contributed by atoms with van der Waals surface area (Å²) in [5, 5.41) is 0.841. The number of nitrogen functional groups attached to an aromatic ring is 1. The summed E-state index contributed by atoms with van der Waals surface area (Å²) < 4.78 is 13.7. The summed E-state index contributed by atoms with van der Waals surface area (Å²) in [5.74, 6) is 0.794. The average molecular weight is 413 g/mol. The first kappa shape index (κ1) is 23.6. The number of benzene rings is 1. The van der Waals surface area contributed by atoms with Crippen LogP contribution in [0.15, 0.2) is 46.3 Å². The van der Waals surface area contributed by atoms with E-state index in [0.717, 1.165) is 36.6 Å². The highest BCUT2D eigenvalue weighted by molar-refractivity contribution is 5.90. The van der Waals surface area contributed by atoms with Crippen LogP contribution in [0.4, 0.5) is 5.69 Å². The van der Waals surface area contributed by atoms with Gasteiger partial charge in [0.2, 0.25) is 5.75 Å². The van der Waals surface area contributed by atoms with Crippen LogP contribution in [0.25, 0.3) is 10.9 Å². The zero-order valence-electron chi connectivity index (χ0n) is 19.1. The van der Waals surface area contributed by atoms with Gasteiger partial charge in [0, 0.05) is 17.6 Å². The lowest BCUT2D eigenvalue weighted by molar-refractivity contribution is 0.275. The largest absolute Gasteiger partial charge is 0.485 e. The van der Waals surface area contributed by atoms with Gasteiger partial charge in [-0.15, -0.1) is 0 Å². The molecule has 0 aliphatic carbocycles. The van der Waals surface area contributed by atoms with Crippen molar-refractivity contribution < 1.29 is 9.47 Å². The molecule has 2 aromatic rings. The molecule has 0 atom stereocenters. The van der Waals surface area contributed by atoms with Crippen LogP contribution in [-0.4, -0.2) is 17.8 Å². The summed E-state index contributed by atoms with van der Waals surface area (Å²) in [6.45, 7) is 11.8. The molecule has 2 N–H and O–H groups in total. The second kappa shape index (κ2) is 11.5. The smallest absolute Gasteiger partial charge is 0.297 e. The van der Waals surface area contributed by atoms with E-state index in [1.165, 1.54) is 11.1 Å². The van der Waals surface area contributed by atoms with E-state index < -0.39 is 0 Å². The van der Waals surface area contributed by atoms with Crippen molar-refractivity contribution in [2.75, 3.05) is 18.9 Å². The number of nitrogens with two attached hydrogens (primary N) is 1. The van der Waals surface area contributed by atoms with Gasteiger partial charge in [-0.1, -0.05) is 30.6 Å². The van der Waals surface area contributed by atoms with E-state index in [0.29, 0.717) is 31.2 Å². The number of hydrogen-bond acceptors (Lipinski definition) is 4. The van der Waals surface area contributed by atoms with Gasteiger partial charge in [0.25, 0.3) is 5.56 Å². The van der Waals surface area contributed by atoms with Crippen LogP contribution in [-0.2, 0) is 6.54 Å². The topological polar surface area (TPSA) is 66.5 Å². The molecule has 0 fully saturated rings. The van der Waals surface area contributed by atoms with Gasteiger partial charge in [-0.25, -0.2) is 0 Å². The van der Waals surface area contributed by atoms with Crippen molar-refractivity contribution >= 4 is 16.6 Å². The molecule has 1 aromatic carbocycles. The second-order valence-corrected chi connectivity index (χ2v) is 7.87. The predicted octanol–water partition coefficient (Wildman–Crippen LogP) is 5.85. The number of nitrogens with zero attached hydrogens (tertiary/aromatic N) is 1. The van der Waals surface area contributed by atoms with Crippen LogP contribution in [0, 0.1) is 0 Å². The Morgan fingerprint density at radius 1 is 1.10 bits per heavy atom. The van der Waals surface area contributed by atoms with Gasteiger partial charge in [0.05, 0.1) is 12.1 Å². The van der Waals surface area contributed by atoms with E-state index in [4.69, 9.17) is 15.2 Å². The van der Waals surface area contributed by atoms with Gasteiger partial charge >= 0.3 is 0 Å². The number of aryl methyl sites for hydroxylation is 1. The minimum absolute atomic E-state index is 0.175. The van der Waals surface area contributed by atoms with E-state index in [9.17, 15) is 4.79 Å². The first-order valence-electron chi connectivity index (χ1n) is 10.9. The summed E-state index contributed by atoms with van der Waals surface area (Å²) in [6, 6.07) is 5.56. The zero-order valence-corrected chi connectivity index (χ0v) is 19.1. The van der Waals surface area contributed by atoms with E-state index in [-0.39, 0.29) is 11.3 Å². The molecule has 1 aromatic heterocycles. The molecule has 0 aliphatic rings. The number of unbranched alkanes of at least 4 members (excludes halogenated alkanes) is 1. The first-order valence-corrected chi connectivity index (χ1v) is 10.9. The van der Waals surface area contributed by atoms with Crippen molar-refractivity contribution in [1.82, 2.24) is 4.57 Å². The molecule has 0 amide bonds. The molecule has 0 aliphatic heterocycles. The standard InChI is InChI=1S/C25H36N2O3/c1-6-8-15-29-24-23(30-16-14-19(5)11-9-10-18(3)4)21-13-12-20(26)17-22(21)27(7-2)25(24)28/h10,12-14,17H,6-9,11,15-16,26H2,1-5H3/b19-14+. The highest BCUT2D eigenvalue weighted by Gasteiger charge is 2.19. The fourth-order valence-corrected chi connectivity index (χ4v) is 3.28. The van der Waals surface area contributed by atoms with Crippen molar-refractivity contribution in [3.8, 4) is 11.5 Å². The minimum Gasteiger partial charge on any atom is -0.485 e. The van der Waals surface area contributed by atoms with Crippen molar-refractivity contribution in [3.63, 3.8) is 0 Å². The van der Waals surface area contributed by atoms with E-state index in [1.54, 1.807) is 4.57 Å². The molecule has 0 unspecified atom stereocenters. The fourth-order valence-electron chi connectivity index (χ4n) is 3.28. The number of ether oxygens (including phenoxy) is 2. The number of pyridine rings is 1. The Balaban J connectivity index is 2.39. The van der Waals surface area contributed by atoms with Crippen molar-refractivity contribution in [3.05, 3.63) is 51.9 Å². The molecule has 5 nitrogen and oxygen atoms in total. The fraction of sp³-hybridized carbons (Fsp3) is 0.480. The molecule has 2 rings (SSSR count). The molecule has 1 heterocycles. The van der Waals surface area contributed by atoms with Gasteiger partial charge in [0.1, 0.15) is 6.61 Å². The zero-order chi connectivity index (χ0) is 22.1. The van der Waals surface area contributed by atoms with E-state index >= 15 is 0 Å². The Morgan fingerprint density at radius 2 is 1.87 bits per heavy atom. The van der Waals surface area contributed by atoms with E-state index in [1.807, 2.05) is 25.1 Å². The lowest BCUT2D eigenvalue weighted by atomic mass is 10.1. The Morgan fingerprint density at radius 3 is 2.53 bits per heavy atom. The van der Waals surface area contributed by atoms with Crippen molar-refractivity contribution in [2.45, 2.75) is 66.8 Å². The molecule has 0 spiro atoms. The molecular weight excluding hydrogens is 376 g/mol. The number of rotatable bonds is 11. The SMILES string of the molecule is CCCCOc1c(OC/C=C(\C)CCC=C(C)C)c2ccc(N)cc2n(CC)c1=O. The number of allylic oxidation sites excluding steroid dienone is 3. The van der Waals surface area contributed by atoms with Crippen LogP contribution in [0.2, 0.25) is 0 Å². The molecule has 0 bridgehead atoms. The highest BCUT2D eigenvalue weighted by atomic mass is 16.5. The quantitative estimate of drug-likeness (QED) is 0.285. The molecule has 5 heteroatoms. The molecular formula is C25H36N2O3. The summed E-state index contributed by atoms with van der Waals surface area (Å²) in [6.07, 6.45) is 8.20. The highest BCUT2D eigenvalue weighted by Crippen LogP contribution is 2.34. The van der Waals surface area contributed by atoms with Crippen molar-refractivity contribution in [1.29, 1.82) is 0 Å². The van der Waals surface area contributed by atoms with Crippen molar-refractivity contribution in [2.24, 2.45) is 0 Å². The van der Waals surface area contributed by atoms with Gasteiger partial charge < -0.3 is 19.8 Å². The van der Waals surface area contributed by atoms with Crippen LogP contribution in [0.5, 0.6) is 11.5 Å². The third-order valence-corrected chi connectivity index (χ3v) is 5.01. The maximum absolute atomic E-state index is 13.1. The third kappa shape index (κ3) is 6.15.